The lowest BCUT2D eigenvalue weighted by molar-refractivity contribution is 0.499. The lowest BCUT2D eigenvalue weighted by Crippen LogP contribution is -2.41. The summed E-state index contributed by atoms with van der Waals surface area (Å²) >= 11 is 0. The van der Waals surface area contributed by atoms with Crippen LogP contribution in [0, 0.1) is 0 Å². The van der Waals surface area contributed by atoms with Crippen LogP contribution in [0.2, 0.25) is 0 Å². The number of hydrogen-bond acceptors (Lipinski definition) is 3. The maximum atomic E-state index is 12.1. The zero-order chi connectivity index (χ0) is 17.0. The molecule has 0 aliphatic heterocycles. The van der Waals surface area contributed by atoms with Crippen LogP contribution in [0.15, 0.2) is 35.2 Å². The van der Waals surface area contributed by atoms with E-state index in [1.165, 1.54) is 44.9 Å². The van der Waals surface area contributed by atoms with Gasteiger partial charge in [-0.15, -0.1) is 0 Å². The molecule has 1 aromatic rings. The summed E-state index contributed by atoms with van der Waals surface area (Å²) in [5.74, 6) is 0. The second-order valence-electron chi connectivity index (χ2n) is 6.16. The molecule has 0 bridgehead atoms. The van der Waals surface area contributed by atoms with E-state index in [4.69, 9.17) is 5.73 Å². The molecular formula is C18H32N2O2S. The smallest absolute Gasteiger partial charge is 0.241 e. The standard InChI is InChI=1S/C18H32N2O2S/c1-2-3-4-5-6-7-8-9-13-16-18(19)20-23(21,22)17-14-11-10-12-15-17/h10-12,14-15,18,20H,2-9,13,16,19H2,1H3. The molecule has 0 amide bonds. The number of nitrogens with two attached hydrogens (primary N) is 1. The van der Waals surface area contributed by atoms with Crippen molar-refractivity contribution >= 4 is 10.0 Å². The van der Waals surface area contributed by atoms with E-state index in [1.807, 2.05) is 0 Å². The quantitative estimate of drug-likeness (QED) is 0.418. The molecule has 1 atom stereocenters. The van der Waals surface area contributed by atoms with Gasteiger partial charge in [0, 0.05) is 0 Å². The Balaban J connectivity index is 2.12. The van der Waals surface area contributed by atoms with E-state index in [9.17, 15) is 8.42 Å². The summed E-state index contributed by atoms with van der Waals surface area (Å²) in [5, 5.41) is 0. The minimum Gasteiger partial charge on any atom is -0.315 e. The Hall–Kier alpha value is -0.910. The highest BCUT2D eigenvalue weighted by atomic mass is 32.2. The van der Waals surface area contributed by atoms with Crippen LogP contribution in [0.25, 0.3) is 0 Å². The molecule has 0 spiro atoms. The van der Waals surface area contributed by atoms with Crippen LogP contribution in [-0.2, 0) is 10.0 Å². The van der Waals surface area contributed by atoms with Crippen LogP contribution in [0.4, 0.5) is 0 Å². The van der Waals surface area contributed by atoms with Crippen molar-refractivity contribution in [2.45, 2.75) is 82.2 Å². The summed E-state index contributed by atoms with van der Waals surface area (Å²) < 4.78 is 26.8. The van der Waals surface area contributed by atoms with Crippen LogP contribution in [0.1, 0.15) is 71.1 Å². The maximum absolute atomic E-state index is 12.1. The molecule has 4 nitrogen and oxygen atoms in total. The van der Waals surface area contributed by atoms with Crippen LogP contribution < -0.4 is 10.5 Å². The Morgan fingerprint density at radius 3 is 2.00 bits per heavy atom. The highest BCUT2D eigenvalue weighted by molar-refractivity contribution is 7.89. The van der Waals surface area contributed by atoms with Crippen molar-refractivity contribution in [2.75, 3.05) is 0 Å². The topological polar surface area (TPSA) is 72.2 Å². The Morgan fingerprint density at radius 2 is 1.43 bits per heavy atom. The molecule has 1 rings (SSSR count). The number of hydrogen-bond donors (Lipinski definition) is 2. The van der Waals surface area contributed by atoms with Crippen molar-refractivity contribution in [3.63, 3.8) is 0 Å². The number of nitrogens with one attached hydrogen (secondary N) is 1. The molecule has 0 heterocycles. The Morgan fingerprint density at radius 1 is 0.913 bits per heavy atom. The monoisotopic (exact) mass is 340 g/mol. The molecule has 0 aliphatic rings. The molecule has 0 radical (unpaired) electrons. The van der Waals surface area contributed by atoms with Crippen molar-refractivity contribution in [1.29, 1.82) is 0 Å². The maximum Gasteiger partial charge on any atom is 0.241 e. The van der Waals surface area contributed by atoms with Crippen molar-refractivity contribution in [1.82, 2.24) is 4.72 Å². The van der Waals surface area contributed by atoms with Crippen molar-refractivity contribution in [2.24, 2.45) is 5.73 Å². The third-order valence-corrected chi connectivity index (χ3v) is 5.48. The van der Waals surface area contributed by atoms with Crippen molar-refractivity contribution < 1.29 is 8.42 Å². The lowest BCUT2D eigenvalue weighted by atomic mass is 10.1. The number of unbranched alkanes of at least 4 members (excludes halogenated alkanes) is 8. The first-order valence-corrected chi connectivity index (χ1v) is 10.4. The molecule has 3 N–H and O–H groups in total. The molecule has 23 heavy (non-hydrogen) atoms. The zero-order valence-corrected chi connectivity index (χ0v) is 15.2. The number of benzene rings is 1. The molecule has 0 aliphatic carbocycles. The van der Waals surface area contributed by atoms with Gasteiger partial charge >= 0.3 is 0 Å². The van der Waals surface area contributed by atoms with Gasteiger partial charge in [-0.2, -0.15) is 4.72 Å². The van der Waals surface area contributed by atoms with Gasteiger partial charge in [0.25, 0.3) is 0 Å². The largest absolute Gasteiger partial charge is 0.315 e. The summed E-state index contributed by atoms with van der Waals surface area (Å²) in [6.45, 7) is 2.23. The van der Waals surface area contributed by atoms with Crippen LogP contribution in [-0.4, -0.2) is 14.6 Å². The summed E-state index contributed by atoms with van der Waals surface area (Å²) in [5.41, 5.74) is 5.90. The first-order chi connectivity index (χ1) is 11.1. The lowest BCUT2D eigenvalue weighted by Gasteiger charge is -2.14. The van der Waals surface area contributed by atoms with E-state index >= 15 is 0 Å². The van der Waals surface area contributed by atoms with Gasteiger partial charge in [0.15, 0.2) is 0 Å². The average molecular weight is 341 g/mol. The molecular weight excluding hydrogens is 308 g/mol. The SMILES string of the molecule is CCCCCCCCCCCC(N)NS(=O)(=O)c1ccccc1. The van der Waals surface area contributed by atoms with Gasteiger partial charge in [0.1, 0.15) is 0 Å². The van der Waals surface area contributed by atoms with Gasteiger partial charge < -0.3 is 5.73 Å². The molecule has 5 heteroatoms. The van der Waals surface area contributed by atoms with Gasteiger partial charge in [-0.3, -0.25) is 0 Å². The minimum atomic E-state index is -3.49. The fourth-order valence-electron chi connectivity index (χ4n) is 2.60. The average Bonchev–Trinajstić information content (AvgIpc) is 2.54. The van der Waals surface area contributed by atoms with Crippen LogP contribution in [0.5, 0.6) is 0 Å². The Kier molecular flexibility index (Phi) is 10.2. The molecule has 0 aromatic heterocycles. The zero-order valence-electron chi connectivity index (χ0n) is 14.3. The summed E-state index contributed by atoms with van der Waals surface area (Å²) in [6.07, 6.45) is 11.4. The van der Waals surface area contributed by atoms with Crippen LogP contribution in [0.3, 0.4) is 0 Å². The normalized spacial score (nSPS) is 13.1. The first kappa shape index (κ1) is 20.1. The third-order valence-electron chi connectivity index (χ3n) is 3.98. The Bertz CT molecular complexity index is 503. The molecule has 1 unspecified atom stereocenters. The van der Waals surface area contributed by atoms with E-state index < -0.39 is 16.2 Å². The molecule has 0 saturated carbocycles. The first-order valence-electron chi connectivity index (χ1n) is 8.89. The summed E-state index contributed by atoms with van der Waals surface area (Å²) in [6, 6.07) is 8.36. The second-order valence-corrected chi connectivity index (χ2v) is 7.87. The second kappa shape index (κ2) is 11.6. The summed E-state index contributed by atoms with van der Waals surface area (Å²) in [7, 11) is -3.49. The van der Waals surface area contributed by atoms with Crippen molar-refractivity contribution in [3.8, 4) is 0 Å². The van der Waals surface area contributed by atoms with E-state index in [-0.39, 0.29) is 4.90 Å². The molecule has 0 saturated heterocycles. The highest BCUT2D eigenvalue weighted by Crippen LogP contribution is 2.12. The van der Waals surface area contributed by atoms with Crippen molar-refractivity contribution in [3.05, 3.63) is 30.3 Å². The predicted molar refractivity (Wildman–Crippen MR) is 96.6 cm³/mol. The third kappa shape index (κ3) is 9.08. The number of sulfonamides is 1. The van der Waals surface area contributed by atoms with Gasteiger partial charge in [-0.25, -0.2) is 8.42 Å². The van der Waals surface area contributed by atoms with E-state index in [1.54, 1.807) is 30.3 Å². The van der Waals surface area contributed by atoms with Gasteiger partial charge in [0.05, 0.1) is 11.1 Å². The molecule has 1 aromatic carbocycles. The molecule has 0 fully saturated rings. The fraction of sp³-hybridized carbons (Fsp3) is 0.667. The predicted octanol–water partition coefficient (Wildman–Crippen LogP) is 4.17. The van der Waals surface area contributed by atoms with E-state index in [2.05, 4.69) is 11.6 Å². The van der Waals surface area contributed by atoms with Crippen LogP contribution >= 0.6 is 0 Å². The van der Waals surface area contributed by atoms with E-state index in [0.717, 1.165) is 12.8 Å². The number of rotatable bonds is 13. The minimum absolute atomic E-state index is 0.266. The Labute approximate surface area is 141 Å². The fourth-order valence-corrected chi connectivity index (χ4v) is 3.77. The van der Waals surface area contributed by atoms with Gasteiger partial charge in [-0.05, 0) is 18.6 Å². The van der Waals surface area contributed by atoms with E-state index in [0.29, 0.717) is 6.42 Å². The molecule has 132 valence electrons. The van der Waals surface area contributed by atoms with Gasteiger partial charge in [-0.1, -0.05) is 82.9 Å². The summed E-state index contributed by atoms with van der Waals surface area (Å²) in [4.78, 5) is 0.266. The highest BCUT2D eigenvalue weighted by Gasteiger charge is 2.16. The van der Waals surface area contributed by atoms with Gasteiger partial charge in [0.2, 0.25) is 10.0 Å².